The molecule has 104 valence electrons. The third kappa shape index (κ3) is 2.93. The lowest BCUT2D eigenvalue weighted by atomic mass is 9.91. The molecule has 1 amide bonds. The Balaban J connectivity index is 2.34. The van der Waals surface area contributed by atoms with E-state index < -0.39 is 26.6 Å². The van der Waals surface area contributed by atoms with Crippen molar-refractivity contribution in [3.8, 4) is 0 Å². The first-order chi connectivity index (χ1) is 8.79. The number of nitrogens with two attached hydrogens (primary N) is 1. The van der Waals surface area contributed by atoms with Gasteiger partial charge in [0.15, 0.2) is 0 Å². The zero-order valence-corrected chi connectivity index (χ0v) is 11.3. The van der Waals surface area contributed by atoms with E-state index in [1.54, 1.807) is 7.05 Å². The lowest BCUT2D eigenvalue weighted by molar-refractivity contribution is 0.0651. The molecule has 19 heavy (non-hydrogen) atoms. The van der Waals surface area contributed by atoms with Gasteiger partial charge in [-0.15, -0.1) is 0 Å². The largest absolute Gasteiger partial charge is 0.339 e. The van der Waals surface area contributed by atoms with Crippen molar-refractivity contribution in [2.45, 2.75) is 30.2 Å². The fraction of sp³-hybridized carbons (Fsp3) is 0.417. The van der Waals surface area contributed by atoms with Crippen LogP contribution in [0.2, 0.25) is 0 Å². The lowest BCUT2D eigenvalue weighted by Crippen LogP contribution is -2.41. The second kappa shape index (κ2) is 4.90. The van der Waals surface area contributed by atoms with Crippen molar-refractivity contribution in [3.05, 3.63) is 29.6 Å². The van der Waals surface area contributed by atoms with Crippen LogP contribution in [0.3, 0.4) is 0 Å². The highest BCUT2D eigenvalue weighted by Gasteiger charge is 2.27. The summed E-state index contributed by atoms with van der Waals surface area (Å²) < 4.78 is 35.8. The van der Waals surface area contributed by atoms with E-state index >= 15 is 0 Å². The molecule has 0 atom stereocenters. The zero-order valence-electron chi connectivity index (χ0n) is 10.5. The molecule has 7 heteroatoms. The first-order valence-corrected chi connectivity index (χ1v) is 7.44. The van der Waals surface area contributed by atoms with Gasteiger partial charge in [-0.2, -0.15) is 0 Å². The second-order valence-corrected chi connectivity index (χ2v) is 6.28. The van der Waals surface area contributed by atoms with Crippen molar-refractivity contribution in [2.24, 2.45) is 5.14 Å². The van der Waals surface area contributed by atoms with Crippen LogP contribution in [0.15, 0.2) is 23.1 Å². The Hall–Kier alpha value is -1.47. The minimum atomic E-state index is -4.03. The number of carbonyl (C=O) groups excluding carboxylic acids is 1. The van der Waals surface area contributed by atoms with Crippen molar-refractivity contribution >= 4 is 15.9 Å². The highest BCUT2D eigenvalue weighted by atomic mass is 32.2. The average Bonchev–Trinajstić information content (AvgIpc) is 2.23. The molecule has 0 aromatic heterocycles. The molecule has 0 aliphatic heterocycles. The molecule has 2 N–H and O–H groups in total. The number of rotatable bonds is 3. The molecule has 0 unspecified atom stereocenters. The molecule has 1 aromatic carbocycles. The standard InChI is InChI=1S/C12H15FN2O3S/c1-15(10-3-2-4-10)12(16)8-5-9(13)7-11(6-8)19(14,17)18/h5-7,10H,2-4H2,1H3,(H2,14,17,18). The molecule has 1 aliphatic carbocycles. The normalized spacial score (nSPS) is 15.9. The molecule has 0 bridgehead atoms. The highest BCUT2D eigenvalue weighted by Crippen LogP contribution is 2.25. The Morgan fingerprint density at radius 2 is 2.00 bits per heavy atom. The number of sulfonamides is 1. The lowest BCUT2D eigenvalue weighted by Gasteiger charge is -2.34. The molecule has 1 saturated carbocycles. The van der Waals surface area contributed by atoms with Gasteiger partial charge in [0.05, 0.1) is 4.90 Å². The predicted octanol–water partition coefficient (Wildman–Crippen LogP) is 1.10. The van der Waals surface area contributed by atoms with Crippen LogP contribution in [0.25, 0.3) is 0 Å². The van der Waals surface area contributed by atoms with Gasteiger partial charge < -0.3 is 4.90 Å². The summed E-state index contributed by atoms with van der Waals surface area (Å²) in [4.78, 5) is 13.3. The van der Waals surface area contributed by atoms with Crippen LogP contribution in [0, 0.1) is 5.82 Å². The molecule has 1 aliphatic rings. The van der Waals surface area contributed by atoms with Crippen molar-refractivity contribution < 1.29 is 17.6 Å². The topological polar surface area (TPSA) is 80.5 Å². The molecule has 0 heterocycles. The molecule has 1 aromatic rings. The number of hydrogen-bond donors (Lipinski definition) is 1. The molecule has 5 nitrogen and oxygen atoms in total. The fourth-order valence-electron chi connectivity index (χ4n) is 1.99. The summed E-state index contributed by atoms with van der Waals surface area (Å²) in [6.45, 7) is 0. The number of halogens is 1. The highest BCUT2D eigenvalue weighted by molar-refractivity contribution is 7.89. The van der Waals surface area contributed by atoms with Crippen LogP contribution in [-0.2, 0) is 10.0 Å². The Morgan fingerprint density at radius 1 is 1.37 bits per heavy atom. The molecular formula is C12H15FN2O3S. The predicted molar refractivity (Wildman–Crippen MR) is 67.5 cm³/mol. The van der Waals surface area contributed by atoms with Gasteiger partial charge in [-0.1, -0.05) is 0 Å². The van der Waals surface area contributed by atoms with Gasteiger partial charge in [0.1, 0.15) is 5.82 Å². The van der Waals surface area contributed by atoms with E-state index in [0.717, 1.165) is 37.5 Å². The monoisotopic (exact) mass is 286 g/mol. The van der Waals surface area contributed by atoms with Gasteiger partial charge in [0, 0.05) is 18.7 Å². The molecular weight excluding hydrogens is 271 g/mol. The number of primary sulfonamides is 1. The second-order valence-electron chi connectivity index (χ2n) is 4.72. The zero-order chi connectivity index (χ0) is 14.2. The maximum absolute atomic E-state index is 13.4. The van der Waals surface area contributed by atoms with Crippen LogP contribution in [-0.4, -0.2) is 32.3 Å². The molecule has 0 spiro atoms. The van der Waals surface area contributed by atoms with E-state index in [4.69, 9.17) is 5.14 Å². The molecule has 1 fully saturated rings. The Kier molecular flexibility index (Phi) is 3.60. The van der Waals surface area contributed by atoms with Gasteiger partial charge in [0.2, 0.25) is 10.0 Å². The number of carbonyl (C=O) groups is 1. The molecule has 2 rings (SSSR count). The number of amides is 1. The maximum atomic E-state index is 13.4. The average molecular weight is 286 g/mol. The minimum Gasteiger partial charge on any atom is -0.339 e. The number of nitrogens with zero attached hydrogens (tertiary/aromatic N) is 1. The Morgan fingerprint density at radius 3 is 2.47 bits per heavy atom. The Labute approximate surface area is 111 Å². The molecule has 0 radical (unpaired) electrons. The smallest absolute Gasteiger partial charge is 0.253 e. The summed E-state index contributed by atoms with van der Waals surface area (Å²) in [5, 5.41) is 4.95. The van der Waals surface area contributed by atoms with Crippen LogP contribution in [0.5, 0.6) is 0 Å². The first-order valence-electron chi connectivity index (χ1n) is 5.89. The SMILES string of the molecule is CN(C(=O)c1cc(F)cc(S(N)(=O)=O)c1)C1CCC1. The van der Waals surface area contributed by atoms with Gasteiger partial charge in [-0.05, 0) is 37.5 Å². The number of benzene rings is 1. The van der Waals surface area contributed by atoms with Gasteiger partial charge >= 0.3 is 0 Å². The third-order valence-electron chi connectivity index (χ3n) is 3.39. The summed E-state index contributed by atoms with van der Waals surface area (Å²) in [7, 11) is -2.40. The van der Waals surface area contributed by atoms with E-state index in [1.807, 2.05) is 0 Å². The van der Waals surface area contributed by atoms with E-state index in [0.29, 0.717) is 0 Å². The van der Waals surface area contributed by atoms with E-state index in [2.05, 4.69) is 0 Å². The van der Waals surface area contributed by atoms with E-state index in [-0.39, 0.29) is 11.6 Å². The van der Waals surface area contributed by atoms with Crippen molar-refractivity contribution in [1.82, 2.24) is 4.90 Å². The summed E-state index contributed by atoms with van der Waals surface area (Å²) in [6, 6.07) is 3.08. The van der Waals surface area contributed by atoms with Crippen LogP contribution in [0.4, 0.5) is 4.39 Å². The van der Waals surface area contributed by atoms with Crippen molar-refractivity contribution in [3.63, 3.8) is 0 Å². The van der Waals surface area contributed by atoms with Gasteiger partial charge in [0.25, 0.3) is 5.91 Å². The third-order valence-corrected chi connectivity index (χ3v) is 4.28. The van der Waals surface area contributed by atoms with E-state index in [1.165, 1.54) is 4.90 Å². The molecule has 0 saturated heterocycles. The van der Waals surface area contributed by atoms with Gasteiger partial charge in [-0.3, -0.25) is 4.79 Å². The summed E-state index contributed by atoms with van der Waals surface area (Å²) in [5.74, 6) is -1.19. The minimum absolute atomic E-state index is 0.00146. The summed E-state index contributed by atoms with van der Waals surface area (Å²) >= 11 is 0. The maximum Gasteiger partial charge on any atom is 0.253 e. The quantitative estimate of drug-likeness (QED) is 0.903. The van der Waals surface area contributed by atoms with E-state index in [9.17, 15) is 17.6 Å². The van der Waals surface area contributed by atoms with Crippen LogP contribution >= 0.6 is 0 Å². The van der Waals surface area contributed by atoms with Crippen LogP contribution < -0.4 is 5.14 Å². The first kappa shape index (κ1) is 14.0. The van der Waals surface area contributed by atoms with Crippen molar-refractivity contribution in [2.75, 3.05) is 7.05 Å². The van der Waals surface area contributed by atoms with Crippen LogP contribution in [0.1, 0.15) is 29.6 Å². The number of hydrogen-bond acceptors (Lipinski definition) is 3. The Bertz CT molecular complexity index is 611. The summed E-state index contributed by atoms with van der Waals surface area (Å²) in [5.41, 5.74) is -0.00146. The fourth-order valence-corrected chi connectivity index (χ4v) is 2.56. The van der Waals surface area contributed by atoms with Gasteiger partial charge in [-0.25, -0.2) is 17.9 Å². The summed E-state index contributed by atoms with van der Waals surface area (Å²) in [6.07, 6.45) is 2.90. The van der Waals surface area contributed by atoms with Crippen molar-refractivity contribution in [1.29, 1.82) is 0 Å².